The summed E-state index contributed by atoms with van der Waals surface area (Å²) in [6.07, 6.45) is 2.33. The first-order valence-electron chi connectivity index (χ1n) is 7.76. The van der Waals surface area contributed by atoms with Gasteiger partial charge in [0.1, 0.15) is 5.56 Å². The predicted molar refractivity (Wildman–Crippen MR) is 90.5 cm³/mol. The highest BCUT2D eigenvalue weighted by Gasteiger charge is 2.40. The first kappa shape index (κ1) is 15.1. The van der Waals surface area contributed by atoms with E-state index in [-0.39, 0.29) is 23.4 Å². The number of aromatic amines is 1. The summed E-state index contributed by atoms with van der Waals surface area (Å²) in [4.78, 5) is 39.8. The van der Waals surface area contributed by atoms with Crippen LogP contribution in [-0.2, 0) is 6.42 Å². The summed E-state index contributed by atoms with van der Waals surface area (Å²) in [5.41, 5.74) is 1.62. The molecule has 7 nitrogen and oxygen atoms in total. The third-order valence-electron chi connectivity index (χ3n) is 4.45. The Morgan fingerprint density at radius 3 is 2.64 bits per heavy atom. The predicted octanol–water partition coefficient (Wildman–Crippen LogP) is 2.91. The molecule has 0 unspecified atom stereocenters. The molecular formula is C18H13N3O4. The van der Waals surface area contributed by atoms with Gasteiger partial charge in [0.15, 0.2) is 0 Å². The molecule has 0 atom stereocenters. The van der Waals surface area contributed by atoms with E-state index >= 15 is 0 Å². The van der Waals surface area contributed by atoms with Crippen molar-refractivity contribution in [3.8, 4) is 0 Å². The van der Waals surface area contributed by atoms with E-state index in [4.69, 9.17) is 0 Å². The summed E-state index contributed by atoms with van der Waals surface area (Å²) in [6.45, 7) is 0.172. The summed E-state index contributed by atoms with van der Waals surface area (Å²) < 4.78 is 0. The van der Waals surface area contributed by atoms with E-state index in [1.165, 1.54) is 18.2 Å². The highest BCUT2D eigenvalue weighted by atomic mass is 16.6. The molecule has 124 valence electrons. The molecule has 0 bridgehead atoms. The first-order chi connectivity index (χ1) is 12.1. The van der Waals surface area contributed by atoms with E-state index < -0.39 is 16.7 Å². The number of nitro benzene ring substituents is 1. The molecule has 2 heterocycles. The number of amides is 2. The summed E-state index contributed by atoms with van der Waals surface area (Å²) in [7, 11) is 0. The van der Waals surface area contributed by atoms with Gasteiger partial charge in [0.05, 0.1) is 10.5 Å². The number of H-pyrrole nitrogens is 1. The third kappa shape index (κ3) is 2.28. The molecular weight excluding hydrogens is 322 g/mol. The molecule has 2 amide bonds. The van der Waals surface area contributed by atoms with Crippen LogP contribution < -0.4 is 0 Å². The maximum atomic E-state index is 12.5. The fraction of sp³-hybridized carbons (Fsp3) is 0.111. The monoisotopic (exact) mass is 335 g/mol. The fourth-order valence-electron chi connectivity index (χ4n) is 3.24. The Balaban J connectivity index is 1.62. The number of rotatable bonds is 4. The Labute approximate surface area is 142 Å². The molecule has 0 spiro atoms. The lowest BCUT2D eigenvalue weighted by atomic mass is 10.1. The first-order valence-corrected chi connectivity index (χ1v) is 7.76. The summed E-state index contributed by atoms with van der Waals surface area (Å²) in [5.74, 6) is -1.09. The molecule has 25 heavy (non-hydrogen) atoms. The van der Waals surface area contributed by atoms with E-state index in [2.05, 4.69) is 4.98 Å². The number of hydrogen-bond donors (Lipinski definition) is 1. The zero-order chi connectivity index (χ0) is 17.6. The van der Waals surface area contributed by atoms with Crippen molar-refractivity contribution in [1.29, 1.82) is 0 Å². The van der Waals surface area contributed by atoms with Gasteiger partial charge < -0.3 is 4.98 Å². The summed E-state index contributed by atoms with van der Waals surface area (Å²) in [6, 6.07) is 11.9. The smallest absolute Gasteiger partial charge is 0.282 e. The van der Waals surface area contributed by atoms with Crippen LogP contribution in [0.2, 0.25) is 0 Å². The molecule has 1 N–H and O–H groups in total. The number of imide groups is 1. The van der Waals surface area contributed by atoms with Crippen molar-refractivity contribution in [2.75, 3.05) is 6.54 Å². The second-order valence-corrected chi connectivity index (χ2v) is 5.83. The van der Waals surface area contributed by atoms with E-state index in [1.54, 1.807) is 0 Å². The van der Waals surface area contributed by atoms with Gasteiger partial charge in [-0.2, -0.15) is 0 Å². The summed E-state index contributed by atoms with van der Waals surface area (Å²) in [5, 5.41) is 12.2. The molecule has 0 aliphatic carbocycles. The van der Waals surface area contributed by atoms with Gasteiger partial charge in [0, 0.05) is 29.7 Å². The zero-order valence-corrected chi connectivity index (χ0v) is 13.1. The topological polar surface area (TPSA) is 96.3 Å². The van der Waals surface area contributed by atoms with Crippen LogP contribution in [0.3, 0.4) is 0 Å². The van der Waals surface area contributed by atoms with Crippen molar-refractivity contribution in [3.05, 3.63) is 75.5 Å². The van der Waals surface area contributed by atoms with E-state index in [0.717, 1.165) is 21.4 Å². The number of para-hydroxylation sites is 1. The van der Waals surface area contributed by atoms with Gasteiger partial charge in [-0.25, -0.2) is 0 Å². The Bertz CT molecular complexity index is 1040. The van der Waals surface area contributed by atoms with Gasteiger partial charge in [-0.1, -0.05) is 24.3 Å². The number of nitrogens with zero attached hydrogens (tertiary/aromatic N) is 2. The number of nitrogens with one attached hydrogen (secondary N) is 1. The molecule has 0 fully saturated rings. The van der Waals surface area contributed by atoms with Crippen molar-refractivity contribution in [2.24, 2.45) is 0 Å². The Morgan fingerprint density at radius 2 is 1.84 bits per heavy atom. The number of hydrogen-bond acceptors (Lipinski definition) is 4. The molecule has 3 aromatic rings. The van der Waals surface area contributed by atoms with Crippen molar-refractivity contribution in [1.82, 2.24) is 9.88 Å². The van der Waals surface area contributed by atoms with Crippen LogP contribution in [0, 0.1) is 10.1 Å². The molecule has 1 aromatic heterocycles. The van der Waals surface area contributed by atoms with Crippen LogP contribution in [0.25, 0.3) is 10.9 Å². The minimum absolute atomic E-state index is 0.0955. The minimum atomic E-state index is -0.632. The average molecular weight is 335 g/mol. The second kappa shape index (κ2) is 5.55. The average Bonchev–Trinajstić information content (AvgIpc) is 3.13. The number of fused-ring (bicyclic) bond motifs is 2. The van der Waals surface area contributed by atoms with E-state index in [1.807, 2.05) is 30.5 Å². The highest BCUT2D eigenvalue weighted by Crippen LogP contribution is 2.31. The van der Waals surface area contributed by atoms with Crippen molar-refractivity contribution in [3.63, 3.8) is 0 Å². The van der Waals surface area contributed by atoms with Crippen LogP contribution in [0.15, 0.2) is 48.7 Å². The number of aromatic nitrogens is 1. The molecule has 1 aliphatic heterocycles. The van der Waals surface area contributed by atoms with E-state index in [9.17, 15) is 19.7 Å². The molecule has 2 aromatic carbocycles. The van der Waals surface area contributed by atoms with Gasteiger partial charge in [0.2, 0.25) is 0 Å². The lowest BCUT2D eigenvalue weighted by Gasteiger charge is -2.13. The van der Waals surface area contributed by atoms with Crippen molar-refractivity contribution >= 4 is 28.4 Å². The molecule has 1 aliphatic rings. The van der Waals surface area contributed by atoms with Crippen LogP contribution in [-0.4, -0.2) is 33.2 Å². The lowest BCUT2D eigenvalue weighted by Crippen LogP contribution is -2.31. The largest absolute Gasteiger partial charge is 0.361 e. The molecule has 0 radical (unpaired) electrons. The SMILES string of the molecule is O=C1c2cccc([N+](=O)[O-])c2C(=O)N1CCc1c[nH]c2ccccc12. The maximum absolute atomic E-state index is 12.5. The van der Waals surface area contributed by atoms with Gasteiger partial charge >= 0.3 is 0 Å². The number of nitro groups is 1. The fourth-order valence-corrected chi connectivity index (χ4v) is 3.24. The Morgan fingerprint density at radius 1 is 1.04 bits per heavy atom. The second-order valence-electron chi connectivity index (χ2n) is 5.83. The highest BCUT2D eigenvalue weighted by molar-refractivity contribution is 6.23. The van der Waals surface area contributed by atoms with Crippen LogP contribution in [0.4, 0.5) is 5.69 Å². The third-order valence-corrected chi connectivity index (χ3v) is 4.45. The quantitative estimate of drug-likeness (QED) is 0.450. The zero-order valence-electron chi connectivity index (χ0n) is 13.1. The molecule has 7 heteroatoms. The van der Waals surface area contributed by atoms with Gasteiger partial charge in [-0.15, -0.1) is 0 Å². The van der Waals surface area contributed by atoms with Crippen molar-refractivity contribution in [2.45, 2.75) is 6.42 Å². The number of carbonyl (C=O) groups excluding carboxylic acids is 2. The number of carbonyl (C=O) groups is 2. The van der Waals surface area contributed by atoms with Crippen LogP contribution >= 0.6 is 0 Å². The van der Waals surface area contributed by atoms with Crippen molar-refractivity contribution < 1.29 is 14.5 Å². The van der Waals surface area contributed by atoms with Crippen LogP contribution in [0.1, 0.15) is 26.3 Å². The normalized spacial score (nSPS) is 13.5. The Hall–Kier alpha value is -3.48. The summed E-state index contributed by atoms with van der Waals surface area (Å²) >= 11 is 0. The Kier molecular flexibility index (Phi) is 3.35. The molecule has 4 rings (SSSR count). The van der Waals surface area contributed by atoms with Gasteiger partial charge in [-0.05, 0) is 24.1 Å². The number of benzene rings is 2. The molecule has 0 saturated heterocycles. The van der Waals surface area contributed by atoms with E-state index in [0.29, 0.717) is 6.42 Å². The van der Waals surface area contributed by atoms with Gasteiger partial charge in [-0.3, -0.25) is 24.6 Å². The maximum Gasteiger partial charge on any atom is 0.282 e. The van der Waals surface area contributed by atoms with Gasteiger partial charge in [0.25, 0.3) is 17.5 Å². The van der Waals surface area contributed by atoms with Crippen LogP contribution in [0.5, 0.6) is 0 Å². The molecule has 0 saturated carbocycles. The standard InChI is InChI=1S/C18H13N3O4/c22-17-13-5-3-7-15(21(24)25)16(13)18(23)20(17)9-8-11-10-19-14-6-2-1-4-12(11)14/h1-7,10,19H,8-9H2. The lowest BCUT2D eigenvalue weighted by molar-refractivity contribution is -0.385. The minimum Gasteiger partial charge on any atom is -0.361 e.